The van der Waals surface area contributed by atoms with Crippen LogP contribution in [-0.4, -0.2) is 16.9 Å². The topological polar surface area (TPSA) is 50.8 Å². The summed E-state index contributed by atoms with van der Waals surface area (Å²) in [7, 11) is 1.64. The highest BCUT2D eigenvalue weighted by Gasteiger charge is 2.14. The van der Waals surface area contributed by atoms with Gasteiger partial charge in [0.25, 0.3) is 0 Å². The van der Waals surface area contributed by atoms with Crippen molar-refractivity contribution < 1.29 is 4.74 Å². The monoisotopic (exact) mass is 323 g/mol. The van der Waals surface area contributed by atoms with Crippen LogP contribution in [-0.2, 0) is 0 Å². The number of hydrogen-bond acceptors (Lipinski definition) is 3. The van der Waals surface area contributed by atoms with Gasteiger partial charge in [0.2, 0.25) is 0 Å². The first-order valence-electron chi connectivity index (χ1n) is 7.04. The molecule has 0 fully saturated rings. The van der Waals surface area contributed by atoms with Crippen molar-refractivity contribution in [3.05, 3.63) is 64.8 Å². The average Bonchev–Trinajstić information content (AvgIpc) is 2.99. The number of nitriles is 1. The summed E-state index contributed by atoms with van der Waals surface area (Å²) in [5, 5.41) is 14.1. The highest BCUT2D eigenvalue weighted by molar-refractivity contribution is 6.32. The number of ether oxygens (including phenoxy) is 1. The Morgan fingerprint density at radius 1 is 1.17 bits per heavy atom. The van der Waals surface area contributed by atoms with E-state index in [9.17, 15) is 5.26 Å². The van der Waals surface area contributed by atoms with E-state index in [4.69, 9.17) is 16.3 Å². The summed E-state index contributed by atoms with van der Waals surface area (Å²) in [6, 6.07) is 17.1. The second kappa shape index (κ2) is 6.15. The van der Waals surface area contributed by atoms with E-state index >= 15 is 0 Å². The molecular weight excluding hydrogens is 310 g/mol. The fraction of sp³-hybridized carbons (Fsp3) is 0.111. The Hall–Kier alpha value is -2.77. The van der Waals surface area contributed by atoms with Gasteiger partial charge >= 0.3 is 0 Å². The van der Waals surface area contributed by atoms with Gasteiger partial charge in [0, 0.05) is 11.6 Å². The Bertz CT molecular complexity index is 909. The number of methoxy groups -OCH3 is 1. The van der Waals surface area contributed by atoms with E-state index in [0.717, 1.165) is 28.3 Å². The zero-order valence-corrected chi connectivity index (χ0v) is 13.5. The van der Waals surface area contributed by atoms with Gasteiger partial charge in [0.05, 0.1) is 23.5 Å². The van der Waals surface area contributed by atoms with E-state index in [2.05, 4.69) is 11.2 Å². The van der Waals surface area contributed by atoms with Crippen molar-refractivity contribution >= 4 is 11.6 Å². The number of hydrogen-bond donors (Lipinski definition) is 0. The first-order chi connectivity index (χ1) is 11.1. The maximum Gasteiger partial charge on any atom is 0.163 e. The first kappa shape index (κ1) is 15.1. The van der Waals surface area contributed by atoms with Crippen LogP contribution in [0.1, 0.15) is 11.3 Å². The molecule has 0 aliphatic carbocycles. The molecule has 0 aliphatic rings. The molecule has 0 amide bonds. The van der Waals surface area contributed by atoms with Gasteiger partial charge in [0.15, 0.2) is 5.69 Å². The zero-order valence-electron chi connectivity index (χ0n) is 12.7. The van der Waals surface area contributed by atoms with Gasteiger partial charge in [-0.15, -0.1) is 0 Å². The molecule has 0 radical (unpaired) electrons. The Morgan fingerprint density at radius 3 is 2.61 bits per heavy atom. The molecule has 0 saturated heterocycles. The molecule has 1 heterocycles. The molecule has 1 aromatic heterocycles. The Balaban J connectivity index is 2.20. The van der Waals surface area contributed by atoms with E-state index in [-0.39, 0.29) is 0 Å². The summed E-state index contributed by atoms with van der Waals surface area (Å²) >= 11 is 6.29. The second-order valence-corrected chi connectivity index (χ2v) is 5.48. The average molecular weight is 324 g/mol. The molecule has 0 aliphatic heterocycles. The van der Waals surface area contributed by atoms with Crippen LogP contribution in [0.25, 0.3) is 16.9 Å². The fourth-order valence-corrected chi connectivity index (χ4v) is 2.70. The molecule has 0 unspecified atom stereocenters. The van der Waals surface area contributed by atoms with Crippen LogP contribution in [0.2, 0.25) is 5.02 Å². The predicted octanol–water partition coefficient (Wildman–Crippen LogP) is 4.38. The van der Waals surface area contributed by atoms with Gasteiger partial charge in [-0.1, -0.05) is 23.7 Å². The lowest BCUT2D eigenvalue weighted by molar-refractivity contribution is 0.412. The summed E-state index contributed by atoms with van der Waals surface area (Å²) in [6.45, 7) is 1.98. The summed E-state index contributed by atoms with van der Waals surface area (Å²) < 4.78 is 7.00. The van der Waals surface area contributed by atoms with Crippen molar-refractivity contribution in [3.8, 4) is 28.8 Å². The maximum atomic E-state index is 9.20. The van der Waals surface area contributed by atoms with Gasteiger partial charge in [-0.2, -0.15) is 10.4 Å². The molecule has 0 bridgehead atoms. The predicted molar refractivity (Wildman–Crippen MR) is 90.0 cm³/mol. The number of nitrogens with zero attached hydrogens (tertiary/aromatic N) is 3. The largest absolute Gasteiger partial charge is 0.496 e. The van der Waals surface area contributed by atoms with Crippen LogP contribution in [0.5, 0.6) is 5.75 Å². The zero-order chi connectivity index (χ0) is 16.4. The Morgan fingerprint density at radius 2 is 1.96 bits per heavy atom. The minimum atomic E-state index is 0.341. The minimum absolute atomic E-state index is 0.341. The molecular formula is C18H14ClN3O. The van der Waals surface area contributed by atoms with Crippen molar-refractivity contribution in [3.63, 3.8) is 0 Å². The highest BCUT2D eigenvalue weighted by atomic mass is 35.5. The smallest absolute Gasteiger partial charge is 0.163 e. The van der Waals surface area contributed by atoms with Gasteiger partial charge in [-0.3, -0.25) is 0 Å². The quantitative estimate of drug-likeness (QED) is 0.718. The van der Waals surface area contributed by atoms with Crippen LogP contribution in [0.4, 0.5) is 0 Å². The molecule has 2 aromatic carbocycles. The fourth-order valence-electron chi connectivity index (χ4n) is 2.49. The number of aromatic nitrogens is 2. The van der Waals surface area contributed by atoms with Crippen LogP contribution >= 0.6 is 11.6 Å². The number of para-hydroxylation sites is 1. The van der Waals surface area contributed by atoms with Gasteiger partial charge in [-0.05, 0) is 42.8 Å². The van der Waals surface area contributed by atoms with E-state index in [1.54, 1.807) is 23.9 Å². The standard InChI is InChI=1S/C18H14ClN3O/c1-12-9-13(7-8-18(12)23-2)17-10-14(11-20)21-22(17)16-6-4-3-5-15(16)19/h3-10H,1-2H3. The normalized spacial score (nSPS) is 10.3. The molecule has 0 N–H and O–H groups in total. The molecule has 0 atom stereocenters. The van der Waals surface area contributed by atoms with Crippen molar-refractivity contribution in [1.29, 1.82) is 5.26 Å². The lowest BCUT2D eigenvalue weighted by Gasteiger charge is -2.11. The third kappa shape index (κ3) is 2.79. The van der Waals surface area contributed by atoms with E-state index in [1.807, 2.05) is 43.3 Å². The van der Waals surface area contributed by atoms with Crippen molar-refractivity contribution in [1.82, 2.24) is 9.78 Å². The van der Waals surface area contributed by atoms with E-state index in [1.165, 1.54) is 0 Å². The third-order valence-electron chi connectivity index (χ3n) is 3.60. The summed E-state index contributed by atoms with van der Waals surface area (Å²) in [5.41, 5.74) is 3.83. The summed E-state index contributed by atoms with van der Waals surface area (Å²) in [4.78, 5) is 0. The number of benzene rings is 2. The summed E-state index contributed by atoms with van der Waals surface area (Å²) in [6.07, 6.45) is 0. The number of halogens is 1. The molecule has 4 nitrogen and oxygen atoms in total. The minimum Gasteiger partial charge on any atom is -0.496 e. The molecule has 5 heteroatoms. The van der Waals surface area contributed by atoms with Crippen LogP contribution < -0.4 is 4.74 Å². The van der Waals surface area contributed by atoms with Crippen LogP contribution in [0.3, 0.4) is 0 Å². The van der Waals surface area contributed by atoms with Crippen molar-refractivity contribution in [2.24, 2.45) is 0 Å². The molecule has 0 spiro atoms. The van der Waals surface area contributed by atoms with Crippen molar-refractivity contribution in [2.45, 2.75) is 6.92 Å². The molecule has 3 aromatic rings. The van der Waals surface area contributed by atoms with E-state index in [0.29, 0.717) is 10.7 Å². The molecule has 3 rings (SSSR count). The third-order valence-corrected chi connectivity index (χ3v) is 3.91. The first-order valence-corrected chi connectivity index (χ1v) is 7.42. The molecule has 23 heavy (non-hydrogen) atoms. The highest BCUT2D eigenvalue weighted by Crippen LogP contribution is 2.30. The Kier molecular flexibility index (Phi) is 4.05. The van der Waals surface area contributed by atoms with Gasteiger partial charge in [0.1, 0.15) is 11.8 Å². The van der Waals surface area contributed by atoms with Crippen molar-refractivity contribution in [2.75, 3.05) is 7.11 Å². The van der Waals surface area contributed by atoms with Crippen LogP contribution in [0.15, 0.2) is 48.5 Å². The lowest BCUT2D eigenvalue weighted by Crippen LogP contribution is -2.00. The maximum absolute atomic E-state index is 9.20. The second-order valence-electron chi connectivity index (χ2n) is 5.07. The van der Waals surface area contributed by atoms with Gasteiger partial charge < -0.3 is 4.74 Å². The molecule has 114 valence electrons. The lowest BCUT2D eigenvalue weighted by atomic mass is 10.1. The van der Waals surface area contributed by atoms with Gasteiger partial charge in [-0.25, -0.2) is 4.68 Å². The van der Waals surface area contributed by atoms with Crippen LogP contribution in [0, 0.1) is 18.3 Å². The molecule has 0 saturated carbocycles. The number of rotatable bonds is 3. The summed E-state index contributed by atoms with van der Waals surface area (Å²) in [5.74, 6) is 0.818. The van der Waals surface area contributed by atoms with E-state index < -0.39 is 0 Å². The Labute approximate surface area is 139 Å². The SMILES string of the molecule is COc1ccc(-c2cc(C#N)nn2-c2ccccc2Cl)cc1C. The number of aryl methyl sites for hydroxylation is 1.